The molecule has 0 aromatic carbocycles. The minimum atomic E-state index is 0.613. The van der Waals surface area contributed by atoms with Gasteiger partial charge in [0.2, 0.25) is 0 Å². The second-order valence-electron chi connectivity index (χ2n) is 3.64. The molecule has 0 saturated heterocycles. The zero-order chi connectivity index (χ0) is 11.7. The SMILES string of the molecule is N#Cc1ccc2nc(-c3ccccn3)cn2c1. The van der Waals surface area contributed by atoms with Crippen LogP contribution < -0.4 is 0 Å². The van der Waals surface area contributed by atoms with Gasteiger partial charge >= 0.3 is 0 Å². The standard InChI is InChI=1S/C13H8N4/c14-7-10-4-5-13-16-12(9-17(13)8-10)11-3-1-2-6-15-11/h1-6,8-9H. The van der Waals surface area contributed by atoms with Crippen molar-refractivity contribution < 1.29 is 0 Å². The van der Waals surface area contributed by atoms with Crippen LogP contribution in [0.5, 0.6) is 0 Å². The maximum Gasteiger partial charge on any atom is 0.137 e. The van der Waals surface area contributed by atoms with E-state index in [2.05, 4.69) is 16.0 Å². The monoisotopic (exact) mass is 220 g/mol. The quantitative estimate of drug-likeness (QED) is 0.632. The Kier molecular flexibility index (Phi) is 2.09. The van der Waals surface area contributed by atoms with Gasteiger partial charge in [-0.05, 0) is 24.3 Å². The number of nitriles is 1. The molecule has 0 amide bonds. The third kappa shape index (κ3) is 1.64. The first-order valence-corrected chi connectivity index (χ1v) is 5.17. The molecular formula is C13H8N4. The van der Waals surface area contributed by atoms with E-state index in [-0.39, 0.29) is 0 Å². The summed E-state index contributed by atoms with van der Waals surface area (Å²) in [4.78, 5) is 8.70. The van der Waals surface area contributed by atoms with Crippen LogP contribution >= 0.6 is 0 Å². The third-order valence-corrected chi connectivity index (χ3v) is 2.51. The lowest BCUT2D eigenvalue weighted by Crippen LogP contribution is -1.83. The molecule has 0 spiro atoms. The van der Waals surface area contributed by atoms with Gasteiger partial charge in [0, 0.05) is 18.6 Å². The summed E-state index contributed by atoms with van der Waals surface area (Å²) in [5, 5.41) is 8.82. The Morgan fingerprint density at radius 2 is 2.00 bits per heavy atom. The van der Waals surface area contributed by atoms with Gasteiger partial charge in [0.05, 0.1) is 11.3 Å². The number of nitrogens with zero attached hydrogens (tertiary/aromatic N) is 4. The van der Waals surface area contributed by atoms with Crippen LogP contribution in [0.3, 0.4) is 0 Å². The van der Waals surface area contributed by atoms with Crippen molar-refractivity contribution in [2.45, 2.75) is 0 Å². The van der Waals surface area contributed by atoms with Crippen LogP contribution in [0.2, 0.25) is 0 Å². The summed E-state index contributed by atoms with van der Waals surface area (Å²) in [7, 11) is 0. The molecule has 3 aromatic rings. The summed E-state index contributed by atoms with van der Waals surface area (Å²) in [6.07, 6.45) is 5.37. The maximum absolute atomic E-state index is 8.82. The third-order valence-electron chi connectivity index (χ3n) is 2.51. The van der Waals surface area contributed by atoms with E-state index in [0.717, 1.165) is 17.0 Å². The second kappa shape index (κ2) is 3.72. The highest BCUT2D eigenvalue weighted by molar-refractivity contribution is 5.59. The molecule has 80 valence electrons. The van der Waals surface area contributed by atoms with Gasteiger partial charge in [-0.3, -0.25) is 4.98 Å². The van der Waals surface area contributed by atoms with Crippen molar-refractivity contribution in [3.05, 3.63) is 54.5 Å². The van der Waals surface area contributed by atoms with Gasteiger partial charge in [0.25, 0.3) is 0 Å². The van der Waals surface area contributed by atoms with Crippen molar-refractivity contribution in [3.63, 3.8) is 0 Å². The van der Waals surface area contributed by atoms with E-state index in [9.17, 15) is 0 Å². The average molecular weight is 220 g/mol. The van der Waals surface area contributed by atoms with Crippen LogP contribution in [-0.2, 0) is 0 Å². The first-order chi connectivity index (χ1) is 8.36. The number of fused-ring (bicyclic) bond motifs is 1. The van der Waals surface area contributed by atoms with Crippen molar-refractivity contribution in [1.82, 2.24) is 14.4 Å². The topological polar surface area (TPSA) is 54.0 Å². The van der Waals surface area contributed by atoms with Crippen molar-refractivity contribution in [2.24, 2.45) is 0 Å². The molecule has 0 bridgehead atoms. The summed E-state index contributed by atoms with van der Waals surface area (Å²) in [5.74, 6) is 0. The van der Waals surface area contributed by atoms with Gasteiger partial charge in [0.15, 0.2) is 0 Å². The van der Waals surface area contributed by atoms with Crippen LogP contribution in [0, 0.1) is 11.3 Å². The number of imidazole rings is 1. The fraction of sp³-hybridized carbons (Fsp3) is 0. The highest BCUT2D eigenvalue weighted by Gasteiger charge is 2.05. The van der Waals surface area contributed by atoms with E-state index in [1.54, 1.807) is 18.5 Å². The predicted molar refractivity (Wildman–Crippen MR) is 63.1 cm³/mol. The second-order valence-corrected chi connectivity index (χ2v) is 3.64. The van der Waals surface area contributed by atoms with E-state index >= 15 is 0 Å². The highest BCUT2D eigenvalue weighted by Crippen LogP contribution is 2.16. The molecule has 0 N–H and O–H groups in total. The number of hydrogen-bond acceptors (Lipinski definition) is 3. The molecule has 0 aliphatic carbocycles. The smallest absolute Gasteiger partial charge is 0.137 e. The molecular weight excluding hydrogens is 212 g/mol. The van der Waals surface area contributed by atoms with Gasteiger partial charge in [-0.15, -0.1) is 0 Å². The van der Waals surface area contributed by atoms with E-state index < -0.39 is 0 Å². The lowest BCUT2D eigenvalue weighted by molar-refractivity contribution is 1.17. The van der Waals surface area contributed by atoms with Crippen LogP contribution in [0.15, 0.2) is 48.9 Å². The van der Waals surface area contributed by atoms with Gasteiger partial charge in [-0.25, -0.2) is 4.98 Å². The fourth-order valence-electron chi connectivity index (χ4n) is 1.70. The zero-order valence-corrected chi connectivity index (χ0v) is 8.91. The Morgan fingerprint density at radius 3 is 2.76 bits per heavy atom. The van der Waals surface area contributed by atoms with Gasteiger partial charge in [-0.1, -0.05) is 6.07 Å². The van der Waals surface area contributed by atoms with Crippen LogP contribution in [-0.4, -0.2) is 14.4 Å². The van der Waals surface area contributed by atoms with Crippen molar-refractivity contribution >= 4 is 5.65 Å². The number of aromatic nitrogens is 3. The summed E-state index contributed by atoms with van der Waals surface area (Å²) in [5.41, 5.74) is 3.06. The van der Waals surface area contributed by atoms with Gasteiger partial charge in [0.1, 0.15) is 17.4 Å². The molecule has 3 aromatic heterocycles. The van der Waals surface area contributed by atoms with Crippen molar-refractivity contribution in [3.8, 4) is 17.5 Å². The lowest BCUT2D eigenvalue weighted by Gasteiger charge is -1.91. The minimum absolute atomic E-state index is 0.613. The maximum atomic E-state index is 8.82. The number of pyridine rings is 2. The minimum Gasteiger partial charge on any atom is -0.305 e. The Balaban J connectivity index is 2.18. The molecule has 3 rings (SSSR count). The molecule has 0 radical (unpaired) electrons. The van der Waals surface area contributed by atoms with Crippen LogP contribution in [0.4, 0.5) is 0 Å². The van der Waals surface area contributed by atoms with Gasteiger partial charge < -0.3 is 4.40 Å². The predicted octanol–water partition coefficient (Wildman–Crippen LogP) is 2.27. The number of rotatable bonds is 1. The lowest BCUT2D eigenvalue weighted by atomic mass is 10.3. The highest BCUT2D eigenvalue weighted by atomic mass is 15.0. The van der Waals surface area contributed by atoms with E-state index in [4.69, 9.17) is 5.26 Å². The van der Waals surface area contributed by atoms with E-state index in [1.807, 2.05) is 34.9 Å². The molecule has 0 aliphatic rings. The Hall–Kier alpha value is -2.67. The average Bonchev–Trinajstić information content (AvgIpc) is 2.82. The van der Waals surface area contributed by atoms with Crippen LogP contribution in [0.25, 0.3) is 17.0 Å². The summed E-state index contributed by atoms with van der Waals surface area (Å²) in [6, 6.07) is 11.4. The first-order valence-electron chi connectivity index (χ1n) is 5.17. The fourth-order valence-corrected chi connectivity index (χ4v) is 1.70. The molecule has 0 atom stereocenters. The molecule has 0 unspecified atom stereocenters. The zero-order valence-electron chi connectivity index (χ0n) is 8.91. The van der Waals surface area contributed by atoms with Crippen LogP contribution in [0.1, 0.15) is 5.56 Å². The van der Waals surface area contributed by atoms with E-state index in [1.165, 1.54) is 0 Å². The van der Waals surface area contributed by atoms with Gasteiger partial charge in [-0.2, -0.15) is 5.26 Å². The Bertz CT molecular complexity index is 707. The summed E-state index contributed by atoms with van der Waals surface area (Å²) >= 11 is 0. The Morgan fingerprint density at radius 1 is 1.06 bits per heavy atom. The summed E-state index contributed by atoms with van der Waals surface area (Å²) < 4.78 is 1.84. The molecule has 0 saturated carbocycles. The molecule has 0 aliphatic heterocycles. The Labute approximate surface area is 97.8 Å². The largest absolute Gasteiger partial charge is 0.305 e. The normalized spacial score (nSPS) is 10.3. The number of hydrogen-bond donors (Lipinski definition) is 0. The molecule has 0 fully saturated rings. The van der Waals surface area contributed by atoms with E-state index in [0.29, 0.717) is 5.56 Å². The molecule has 4 nitrogen and oxygen atoms in total. The molecule has 4 heteroatoms. The molecule has 3 heterocycles. The summed E-state index contributed by atoms with van der Waals surface area (Å²) in [6.45, 7) is 0. The first kappa shape index (κ1) is 9.55. The van der Waals surface area contributed by atoms with Crippen molar-refractivity contribution in [2.75, 3.05) is 0 Å². The van der Waals surface area contributed by atoms with Crippen molar-refractivity contribution in [1.29, 1.82) is 5.26 Å². The molecule has 17 heavy (non-hydrogen) atoms.